The minimum atomic E-state index is -0.146. The average Bonchev–Trinajstić information content (AvgIpc) is 2.21. The van der Waals surface area contributed by atoms with E-state index in [1.54, 1.807) is 0 Å². The molecule has 0 amide bonds. The molecule has 0 heterocycles. The molecule has 1 atom stereocenters. The van der Waals surface area contributed by atoms with E-state index < -0.39 is 0 Å². The van der Waals surface area contributed by atoms with Crippen LogP contribution in [0.25, 0.3) is 0 Å². The SMILES string of the molecule is CCOC(=O)C[NH+](C)Cc1ccccc1Br. The molecule has 0 fully saturated rings. The second kappa shape index (κ2) is 6.66. The van der Waals surface area contributed by atoms with Crippen LogP contribution in [0.3, 0.4) is 0 Å². The molecule has 1 aromatic carbocycles. The Morgan fingerprint density at radius 3 is 2.75 bits per heavy atom. The fraction of sp³-hybridized carbons (Fsp3) is 0.417. The molecule has 0 aliphatic rings. The van der Waals surface area contributed by atoms with Gasteiger partial charge in [0, 0.05) is 10.0 Å². The van der Waals surface area contributed by atoms with Crippen LogP contribution in [-0.2, 0) is 16.1 Å². The van der Waals surface area contributed by atoms with Crippen LogP contribution >= 0.6 is 15.9 Å². The van der Waals surface area contributed by atoms with Crippen LogP contribution < -0.4 is 4.90 Å². The molecule has 0 saturated heterocycles. The molecule has 0 bridgehead atoms. The van der Waals surface area contributed by atoms with Crippen molar-refractivity contribution in [2.45, 2.75) is 13.5 Å². The van der Waals surface area contributed by atoms with Crippen LogP contribution in [0.5, 0.6) is 0 Å². The van der Waals surface area contributed by atoms with Gasteiger partial charge in [-0.25, -0.2) is 4.79 Å². The number of quaternary nitrogens is 1. The molecule has 0 spiro atoms. The molecule has 4 heteroatoms. The monoisotopic (exact) mass is 286 g/mol. The van der Waals surface area contributed by atoms with Gasteiger partial charge in [0.1, 0.15) is 6.54 Å². The molecule has 1 aromatic rings. The lowest BCUT2D eigenvalue weighted by Gasteiger charge is -2.13. The molecule has 88 valence electrons. The molecule has 0 aliphatic carbocycles. The topological polar surface area (TPSA) is 30.7 Å². The third-order valence-corrected chi connectivity index (χ3v) is 2.98. The number of carbonyl (C=O) groups excluding carboxylic acids is 1. The second-order valence-corrected chi connectivity index (χ2v) is 4.56. The lowest BCUT2D eigenvalue weighted by Crippen LogP contribution is -3.08. The van der Waals surface area contributed by atoms with Gasteiger partial charge in [0.2, 0.25) is 0 Å². The van der Waals surface area contributed by atoms with Crippen LogP contribution in [0.15, 0.2) is 28.7 Å². The van der Waals surface area contributed by atoms with E-state index in [2.05, 4.69) is 22.0 Å². The van der Waals surface area contributed by atoms with Gasteiger partial charge in [-0.2, -0.15) is 0 Å². The molecule has 1 unspecified atom stereocenters. The standard InChI is InChI=1S/C12H16BrNO2/c1-3-16-12(15)9-14(2)8-10-6-4-5-7-11(10)13/h4-7H,3,8-9H2,1-2H3/p+1. The van der Waals surface area contributed by atoms with Crippen molar-refractivity contribution in [3.8, 4) is 0 Å². The zero-order valence-corrected chi connectivity index (χ0v) is 11.2. The fourth-order valence-corrected chi connectivity index (χ4v) is 1.91. The normalized spacial score (nSPS) is 12.2. The molecule has 16 heavy (non-hydrogen) atoms. The summed E-state index contributed by atoms with van der Waals surface area (Å²) in [7, 11) is 1.98. The molecule has 0 aromatic heterocycles. The van der Waals surface area contributed by atoms with Crippen molar-refractivity contribution in [2.24, 2.45) is 0 Å². The molecule has 0 aliphatic heterocycles. The number of rotatable bonds is 5. The maximum atomic E-state index is 11.3. The number of halogens is 1. The Bertz CT molecular complexity index is 355. The quantitative estimate of drug-likeness (QED) is 0.820. The Morgan fingerprint density at radius 1 is 1.44 bits per heavy atom. The predicted molar refractivity (Wildman–Crippen MR) is 66.2 cm³/mol. The summed E-state index contributed by atoms with van der Waals surface area (Å²) in [6.45, 7) is 3.47. The number of esters is 1. The zero-order valence-electron chi connectivity index (χ0n) is 9.63. The first-order chi connectivity index (χ1) is 7.63. The van der Waals surface area contributed by atoms with Gasteiger partial charge in [-0.15, -0.1) is 0 Å². The highest BCUT2D eigenvalue weighted by Gasteiger charge is 2.12. The van der Waals surface area contributed by atoms with Crippen LogP contribution in [0.2, 0.25) is 0 Å². The van der Waals surface area contributed by atoms with Crippen molar-refractivity contribution in [2.75, 3.05) is 20.2 Å². The Kier molecular flexibility index (Phi) is 5.49. The summed E-state index contributed by atoms with van der Waals surface area (Å²) in [6, 6.07) is 8.04. The van der Waals surface area contributed by atoms with E-state index in [9.17, 15) is 4.79 Å². The van der Waals surface area contributed by atoms with E-state index in [4.69, 9.17) is 4.74 Å². The van der Waals surface area contributed by atoms with E-state index in [0.29, 0.717) is 13.2 Å². The van der Waals surface area contributed by atoms with Crippen molar-refractivity contribution >= 4 is 21.9 Å². The summed E-state index contributed by atoms with van der Waals surface area (Å²) < 4.78 is 5.99. The van der Waals surface area contributed by atoms with Gasteiger partial charge in [0.05, 0.1) is 13.7 Å². The summed E-state index contributed by atoms with van der Waals surface area (Å²) in [6.07, 6.45) is 0. The third kappa shape index (κ3) is 4.33. The molecular weight excluding hydrogens is 270 g/mol. The highest BCUT2D eigenvalue weighted by atomic mass is 79.9. The summed E-state index contributed by atoms with van der Waals surface area (Å²) in [5.74, 6) is -0.146. The van der Waals surface area contributed by atoms with Crippen molar-refractivity contribution in [3.63, 3.8) is 0 Å². The van der Waals surface area contributed by atoms with Gasteiger partial charge in [-0.1, -0.05) is 34.1 Å². The van der Waals surface area contributed by atoms with Gasteiger partial charge in [-0.3, -0.25) is 0 Å². The van der Waals surface area contributed by atoms with Crippen molar-refractivity contribution in [1.29, 1.82) is 0 Å². The molecule has 1 N–H and O–H groups in total. The van der Waals surface area contributed by atoms with E-state index in [1.807, 2.05) is 32.2 Å². The first-order valence-corrected chi connectivity index (χ1v) is 6.13. The minimum Gasteiger partial charge on any atom is -0.462 e. The predicted octanol–water partition coefficient (Wildman–Crippen LogP) is 1.03. The first kappa shape index (κ1) is 13.2. The van der Waals surface area contributed by atoms with Gasteiger partial charge >= 0.3 is 5.97 Å². The smallest absolute Gasteiger partial charge is 0.361 e. The number of benzene rings is 1. The highest BCUT2D eigenvalue weighted by Crippen LogP contribution is 2.14. The summed E-state index contributed by atoms with van der Waals surface area (Å²) in [5.41, 5.74) is 1.20. The summed E-state index contributed by atoms with van der Waals surface area (Å²) >= 11 is 3.49. The zero-order chi connectivity index (χ0) is 12.0. The van der Waals surface area contributed by atoms with Crippen molar-refractivity contribution in [3.05, 3.63) is 34.3 Å². The molecule has 0 saturated carbocycles. The van der Waals surface area contributed by atoms with Crippen molar-refractivity contribution in [1.82, 2.24) is 0 Å². The largest absolute Gasteiger partial charge is 0.462 e. The minimum absolute atomic E-state index is 0.146. The lowest BCUT2D eigenvalue weighted by molar-refractivity contribution is -0.886. The van der Waals surface area contributed by atoms with E-state index in [-0.39, 0.29) is 5.97 Å². The third-order valence-electron chi connectivity index (χ3n) is 2.20. The maximum Gasteiger partial charge on any atom is 0.361 e. The van der Waals surface area contributed by atoms with Gasteiger partial charge in [0.25, 0.3) is 0 Å². The van der Waals surface area contributed by atoms with Gasteiger partial charge in [-0.05, 0) is 13.0 Å². The number of hydrogen-bond acceptors (Lipinski definition) is 2. The average molecular weight is 287 g/mol. The number of nitrogens with one attached hydrogen (secondary N) is 1. The number of ether oxygens (including phenoxy) is 1. The Balaban J connectivity index is 2.48. The van der Waals surface area contributed by atoms with E-state index in [1.165, 1.54) is 5.56 Å². The number of likely N-dealkylation sites (N-methyl/N-ethyl adjacent to an activating group) is 1. The summed E-state index contributed by atoms with van der Waals surface area (Å²) in [4.78, 5) is 12.4. The lowest BCUT2D eigenvalue weighted by atomic mass is 10.2. The van der Waals surface area contributed by atoms with Gasteiger partial charge < -0.3 is 9.64 Å². The number of hydrogen-bond donors (Lipinski definition) is 1. The van der Waals surface area contributed by atoms with Crippen molar-refractivity contribution < 1.29 is 14.4 Å². The van der Waals surface area contributed by atoms with E-state index >= 15 is 0 Å². The molecule has 0 radical (unpaired) electrons. The first-order valence-electron chi connectivity index (χ1n) is 5.33. The highest BCUT2D eigenvalue weighted by molar-refractivity contribution is 9.10. The molecule has 1 rings (SSSR count). The number of carbonyl (C=O) groups is 1. The van der Waals surface area contributed by atoms with Gasteiger partial charge in [0.15, 0.2) is 6.54 Å². The van der Waals surface area contributed by atoms with Crippen LogP contribution in [0, 0.1) is 0 Å². The Morgan fingerprint density at radius 2 is 2.12 bits per heavy atom. The Labute approximate surface area is 105 Å². The second-order valence-electron chi connectivity index (χ2n) is 3.71. The van der Waals surface area contributed by atoms with Crippen LogP contribution in [-0.4, -0.2) is 26.2 Å². The molecular formula is C12H17BrNO2+. The molecule has 3 nitrogen and oxygen atoms in total. The Hall–Kier alpha value is -0.870. The van der Waals surface area contributed by atoms with Crippen LogP contribution in [0.4, 0.5) is 0 Å². The van der Waals surface area contributed by atoms with E-state index in [0.717, 1.165) is 15.9 Å². The fourth-order valence-electron chi connectivity index (χ4n) is 1.49. The maximum absolute atomic E-state index is 11.3. The summed E-state index contributed by atoms with van der Waals surface area (Å²) in [5, 5.41) is 0. The van der Waals surface area contributed by atoms with Crippen LogP contribution in [0.1, 0.15) is 12.5 Å².